The minimum Gasteiger partial charge on any atom is -0.451 e. The van der Waals surface area contributed by atoms with E-state index in [0.717, 1.165) is 13.0 Å². The maximum atomic E-state index is 12.1. The van der Waals surface area contributed by atoms with Crippen molar-refractivity contribution in [3.8, 4) is 0 Å². The van der Waals surface area contributed by atoms with Crippen LogP contribution >= 0.6 is 0 Å². The third-order valence-corrected chi connectivity index (χ3v) is 3.95. The molecule has 0 aliphatic heterocycles. The van der Waals surface area contributed by atoms with Crippen LogP contribution in [0.2, 0.25) is 0 Å². The smallest absolute Gasteiger partial charge is 0.287 e. The quantitative estimate of drug-likeness (QED) is 0.889. The van der Waals surface area contributed by atoms with Crippen LogP contribution in [0.5, 0.6) is 0 Å². The Morgan fingerprint density at radius 1 is 1.36 bits per heavy atom. The maximum Gasteiger partial charge on any atom is 0.287 e. The van der Waals surface area contributed by atoms with Crippen LogP contribution in [-0.4, -0.2) is 37.0 Å². The number of carbonyl (C=O) groups is 1. The third-order valence-electron chi connectivity index (χ3n) is 3.95. The average molecular weight is 302 g/mol. The largest absolute Gasteiger partial charge is 0.451 e. The summed E-state index contributed by atoms with van der Waals surface area (Å²) in [4.78, 5) is 26.2. The molecular formula is C17H22N2O3. The molecule has 2 rings (SSSR count). The molecule has 0 spiro atoms. The second kappa shape index (κ2) is 7.22. The molecule has 0 aliphatic carbocycles. The topological polar surface area (TPSA) is 62.6 Å². The molecule has 1 N–H and O–H groups in total. The van der Waals surface area contributed by atoms with Crippen molar-refractivity contribution in [2.24, 2.45) is 0 Å². The Morgan fingerprint density at radius 2 is 2.09 bits per heavy atom. The molecule has 1 unspecified atom stereocenters. The number of amides is 1. The molecule has 2 aromatic rings. The maximum absolute atomic E-state index is 12.1. The predicted molar refractivity (Wildman–Crippen MR) is 87.2 cm³/mol. The number of nitrogens with one attached hydrogen (secondary N) is 1. The normalized spacial score (nSPS) is 12.5. The van der Waals surface area contributed by atoms with E-state index in [2.05, 4.69) is 24.1 Å². The lowest BCUT2D eigenvalue weighted by atomic mass is 10.2. The van der Waals surface area contributed by atoms with Crippen molar-refractivity contribution < 1.29 is 9.21 Å². The van der Waals surface area contributed by atoms with Crippen LogP contribution in [0.4, 0.5) is 0 Å². The Hall–Kier alpha value is -2.14. The summed E-state index contributed by atoms with van der Waals surface area (Å²) >= 11 is 0. The minimum absolute atomic E-state index is 0.0508. The standard InChI is InChI=1S/C17H22N2O3/c1-4-12(2)19(3)10-9-18-17(21)16-11-14(20)13-7-5-6-8-15(13)22-16/h5-8,11-12H,4,9-10H2,1-3H3,(H,18,21). The molecule has 5 heteroatoms. The van der Waals surface area contributed by atoms with E-state index in [4.69, 9.17) is 4.42 Å². The van der Waals surface area contributed by atoms with E-state index in [1.807, 2.05) is 7.05 Å². The van der Waals surface area contributed by atoms with Crippen LogP contribution < -0.4 is 10.7 Å². The lowest BCUT2D eigenvalue weighted by Gasteiger charge is -2.23. The molecule has 0 radical (unpaired) electrons. The molecule has 1 aromatic carbocycles. The van der Waals surface area contributed by atoms with Gasteiger partial charge in [0.15, 0.2) is 11.2 Å². The van der Waals surface area contributed by atoms with Crippen molar-refractivity contribution in [1.82, 2.24) is 10.2 Å². The number of nitrogens with zero attached hydrogens (tertiary/aromatic N) is 1. The van der Waals surface area contributed by atoms with Crippen LogP contribution in [-0.2, 0) is 0 Å². The number of rotatable bonds is 6. The van der Waals surface area contributed by atoms with Crippen LogP contribution in [0, 0.1) is 0 Å². The van der Waals surface area contributed by atoms with E-state index in [1.165, 1.54) is 6.07 Å². The molecule has 118 valence electrons. The first-order valence-electron chi connectivity index (χ1n) is 7.54. The summed E-state index contributed by atoms with van der Waals surface area (Å²) in [5.74, 6) is -0.310. The molecule has 1 heterocycles. The van der Waals surface area contributed by atoms with Gasteiger partial charge in [0, 0.05) is 25.2 Å². The van der Waals surface area contributed by atoms with Gasteiger partial charge in [0.05, 0.1) is 5.39 Å². The molecule has 0 bridgehead atoms. The van der Waals surface area contributed by atoms with E-state index < -0.39 is 0 Å². The number of hydrogen-bond acceptors (Lipinski definition) is 4. The molecular weight excluding hydrogens is 280 g/mol. The average Bonchev–Trinajstić information content (AvgIpc) is 2.53. The number of para-hydroxylation sites is 1. The first-order chi connectivity index (χ1) is 10.5. The molecule has 5 nitrogen and oxygen atoms in total. The molecule has 22 heavy (non-hydrogen) atoms. The highest BCUT2D eigenvalue weighted by atomic mass is 16.3. The highest BCUT2D eigenvalue weighted by Gasteiger charge is 2.12. The van der Waals surface area contributed by atoms with Gasteiger partial charge in [-0.15, -0.1) is 0 Å². The number of benzene rings is 1. The van der Waals surface area contributed by atoms with Gasteiger partial charge in [0.25, 0.3) is 5.91 Å². The van der Waals surface area contributed by atoms with Gasteiger partial charge >= 0.3 is 0 Å². The highest BCUT2D eigenvalue weighted by Crippen LogP contribution is 2.11. The van der Waals surface area contributed by atoms with Gasteiger partial charge in [-0.1, -0.05) is 19.1 Å². The lowest BCUT2D eigenvalue weighted by molar-refractivity contribution is 0.0920. The van der Waals surface area contributed by atoms with Crippen molar-refractivity contribution in [3.05, 3.63) is 46.3 Å². The zero-order valence-electron chi connectivity index (χ0n) is 13.3. The monoisotopic (exact) mass is 302 g/mol. The molecule has 1 aromatic heterocycles. The van der Waals surface area contributed by atoms with Gasteiger partial charge in [-0.25, -0.2) is 0 Å². The second-order valence-corrected chi connectivity index (χ2v) is 5.46. The summed E-state index contributed by atoms with van der Waals surface area (Å²) < 4.78 is 5.50. The van der Waals surface area contributed by atoms with E-state index in [-0.39, 0.29) is 17.1 Å². The van der Waals surface area contributed by atoms with E-state index >= 15 is 0 Å². The van der Waals surface area contributed by atoms with Gasteiger partial charge in [-0.2, -0.15) is 0 Å². The summed E-state index contributed by atoms with van der Waals surface area (Å²) in [7, 11) is 2.02. The van der Waals surface area contributed by atoms with Gasteiger partial charge in [0.1, 0.15) is 5.58 Å². The van der Waals surface area contributed by atoms with Crippen molar-refractivity contribution in [2.45, 2.75) is 26.3 Å². The van der Waals surface area contributed by atoms with Crippen LogP contribution in [0.1, 0.15) is 30.8 Å². The van der Waals surface area contributed by atoms with Gasteiger partial charge in [0.2, 0.25) is 0 Å². The van der Waals surface area contributed by atoms with Gasteiger partial charge < -0.3 is 14.6 Å². The molecule has 0 saturated carbocycles. The second-order valence-electron chi connectivity index (χ2n) is 5.46. The molecule has 1 amide bonds. The number of hydrogen-bond donors (Lipinski definition) is 1. The van der Waals surface area contributed by atoms with Crippen LogP contribution in [0.3, 0.4) is 0 Å². The molecule has 0 saturated heterocycles. The molecule has 0 fully saturated rings. The summed E-state index contributed by atoms with van der Waals surface area (Å²) in [5, 5.41) is 3.27. The zero-order valence-corrected chi connectivity index (χ0v) is 13.3. The van der Waals surface area contributed by atoms with Crippen molar-refractivity contribution >= 4 is 16.9 Å². The fraction of sp³-hybridized carbons (Fsp3) is 0.412. The van der Waals surface area contributed by atoms with Crippen LogP contribution in [0.25, 0.3) is 11.0 Å². The summed E-state index contributed by atoms with van der Waals surface area (Å²) in [6.07, 6.45) is 1.06. The van der Waals surface area contributed by atoms with Crippen molar-refractivity contribution in [3.63, 3.8) is 0 Å². The predicted octanol–water partition coefficient (Wildman–Crippen LogP) is 2.25. The Balaban J connectivity index is 2.03. The molecule has 1 atom stereocenters. The first-order valence-corrected chi connectivity index (χ1v) is 7.54. The van der Waals surface area contributed by atoms with Crippen LogP contribution in [0.15, 0.2) is 39.5 Å². The van der Waals surface area contributed by atoms with E-state index in [9.17, 15) is 9.59 Å². The Morgan fingerprint density at radius 3 is 2.82 bits per heavy atom. The van der Waals surface area contributed by atoms with Crippen molar-refractivity contribution in [1.29, 1.82) is 0 Å². The third kappa shape index (κ3) is 3.74. The van der Waals surface area contributed by atoms with Gasteiger partial charge in [-0.3, -0.25) is 9.59 Å². The van der Waals surface area contributed by atoms with Crippen molar-refractivity contribution in [2.75, 3.05) is 20.1 Å². The lowest BCUT2D eigenvalue weighted by Crippen LogP contribution is -2.37. The number of fused-ring (bicyclic) bond motifs is 1. The number of carbonyl (C=O) groups excluding carboxylic acids is 1. The summed E-state index contributed by atoms with van der Waals surface area (Å²) in [5.41, 5.74) is 0.223. The Kier molecular flexibility index (Phi) is 5.33. The fourth-order valence-corrected chi connectivity index (χ4v) is 2.18. The zero-order chi connectivity index (χ0) is 16.1. The molecule has 0 aliphatic rings. The fourth-order valence-electron chi connectivity index (χ4n) is 2.18. The van der Waals surface area contributed by atoms with E-state index in [1.54, 1.807) is 24.3 Å². The summed E-state index contributed by atoms with van der Waals surface area (Å²) in [6, 6.07) is 8.62. The summed E-state index contributed by atoms with van der Waals surface area (Å²) in [6.45, 7) is 5.53. The first kappa shape index (κ1) is 16.2. The van der Waals surface area contributed by atoms with Gasteiger partial charge in [-0.05, 0) is 32.5 Å². The SMILES string of the molecule is CCC(C)N(C)CCNC(=O)c1cc(=O)c2ccccc2o1. The Labute approximate surface area is 129 Å². The minimum atomic E-state index is -0.361. The number of likely N-dealkylation sites (N-methyl/N-ethyl adjacent to an activating group) is 1. The highest BCUT2D eigenvalue weighted by molar-refractivity contribution is 5.93. The van der Waals surface area contributed by atoms with E-state index in [0.29, 0.717) is 23.6 Å². The Bertz CT molecular complexity index is 708.